The topological polar surface area (TPSA) is 58.6 Å². The van der Waals surface area contributed by atoms with E-state index >= 15 is 0 Å². The molecule has 0 radical (unpaired) electrons. The van der Waals surface area contributed by atoms with Crippen molar-refractivity contribution in [3.8, 4) is 5.75 Å². The Labute approximate surface area is 136 Å². The van der Waals surface area contributed by atoms with Gasteiger partial charge in [0.15, 0.2) is 0 Å². The van der Waals surface area contributed by atoms with E-state index in [1.165, 1.54) is 5.56 Å². The number of carboxylic acids is 1. The number of aliphatic carboxylic acids is 1. The minimum absolute atomic E-state index is 0.00267. The summed E-state index contributed by atoms with van der Waals surface area (Å²) in [6, 6.07) is 16.0. The first-order chi connectivity index (χ1) is 11.2. The molecule has 2 aromatic rings. The molecule has 0 spiro atoms. The third-order valence-electron chi connectivity index (χ3n) is 4.53. The van der Waals surface area contributed by atoms with Crippen LogP contribution in [-0.4, -0.2) is 24.7 Å². The number of methoxy groups -OCH3 is 1. The molecule has 23 heavy (non-hydrogen) atoms. The highest BCUT2D eigenvalue weighted by Gasteiger charge is 2.37. The van der Waals surface area contributed by atoms with Gasteiger partial charge in [0.25, 0.3) is 0 Å². The molecule has 0 heterocycles. The molecule has 1 aliphatic rings. The van der Waals surface area contributed by atoms with Crippen LogP contribution in [0.3, 0.4) is 0 Å². The monoisotopic (exact) mass is 311 g/mol. The van der Waals surface area contributed by atoms with Gasteiger partial charge in [-0.25, -0.2) is 0 Å². The number of fused-ring (bicyclic) bond motifs is 1. The Morgan fingerprint density at radius 1 is 1.26 bits per heavy atom. The van der Waals surface area contributed by atoms with Gasteiger partial charge in [0.05, 0.1) is 13.0 Å². The normalized spacial score (nSPS) is 19.3. The van der Waals surface area contributed by atoms with E-state index in [9.17, 15) is 9.90 Å². The summed E-state index contributed by atoms with van der Waals surface area (Å²) in [7, 11) is 1.63. The number of rotatable bonds is 6. The van der Waals surface area contributed by atoms with Crippen molar-refractivity contribution < 1.29 is 14.6 Å². The fraction of sp³-hybridized carbons (Fsp3) is 0.316. The molecule has 0 aromatic heterocycles. The van der Waals surface area contributed by atoms with Gasteiger partial charge >= 0.3 is 5.97 Å². The van der Waals surface area contributed by atoms with Gasteiger partial charge in [0.1, 0.15) is 5.75 Å². The minimum atomic E-state index is -0.730. The summed E-state index contributed by atoms with van der Waals surface area (Å²) in [5, 5.41) is 12.9. The van der Waals surface area contributed by atoms with Crippen LogP contribution in [0.1, 0.15) is 22.6 Å². The Bertz CT molecular complexity index is 684. The van der Waals surface area contributed by atoms with Crippen molar-refractivity contribution in [3.05, 3.63) is 65.2 Å². The zero-order valence-electron chi connectivity index (χ0n) is 13.2. The lowest BCUT2D eigenvalue weighted by atomic mass is 9.92. The Morgan fingerprint density at radius 3 is 2.74 bits per heavy atom. The van der Waals surface area contributed by atoms with Crippen LogP contribution in [0.15, 0.2) is 48.5 Å². The summed E-state index contributed by atoms with van der Waals surface area (Å²) < 4.78 is 5.25. The molecule has 2 atom stereocenters. The number of carbonyl (C=O) groups is 1. The Morgan fingerprint density at radius 2 is 2.04 bits per heavy atom. The van der Waals surface area contributed by atoms with Gasteiger partial charge in [-0.05, 0) is 35.2 Å². The molecule has 1 aliphatic carbocycles. The highest BCUT2D eigenvalue weighted by atomic mass is 16.5. The molecule has 2 aromatic carbocycles. The number of hydrogen-bond donors (Lipinski definition) is 2. The van der Waals surface area contributed by atoms with Crippen molar-refractivity contribution in [2.24, 2.45) is 5.92 Å². The van der Waals surface area contributed by atoms with E-state index in [1.54, 1.807) is 7.11 Å². The third-order valence-corrected chi connectivity index (χ3v) is 4.53. The lowest BCUT2D eigenvalue weighted by molar-refractivity contribution is -0.142. The van der Waals surface area contributed by atoms with Crippen molar-refractivity contribution in [1.29, 1.82) is 0 Å². The second-order valence-corrected chi connectivity index (χ2v) is 5.94. The average molecular weight is 311 g/mol. The predicted octanol–water partition coefficient (Wildman–Crippen LogP) is 2.83. The minimum Gasteiger partial charge on any atom is -0.497 e. The van der Waals surface area contributed by atoms with Gasteiger partial charge in [-0.3, -0.25) is 4.79 Å². The lowest BCUT2D eigenvalue weighted by Crippen LogP contribution is -2.28. The van der Waals surface area contributed by atoms with Crippen LogP contribution in [0.2, 0.25) is 0 Å². The number of hydrogen-bond acceptors (Lipinski definition) is 3. The van der Waals surface area contributed by atoms with Crippen molar-refractivity contribution in [1.82, 2.24) is 5.32 Å². The van der Waals surface area contributed by atoms with Crippen LogP contribution < -0.4 is 10.1 Å². The van der Waals surface area contributed by atoms with Crippen LogP contribution >= 0.6 is 0 Å². The first-order valence-corrected chi connectivity index (χ1v) is 7.83. The molecule has 0 saturated heterocycles. The van der Waals surface area contributed by atoms with Crippen LogP contribution in [0.25, 0.3) is 0 Å². The van der Waals surface area contributed by atoms with Gasteiger partial charge in [0.2, 0.25) is 0 Å². The molecule has 0 bridgehead atoms. The smallest absolute Gasteiger partial charge is 0.307 e. The third kappa shape index (κ3) is 3.37. The lowest BCUT2D eigenvalue weighted by Gasteiger charge is -2.18. The maximum absolute atomic E-state index is 11.6. The number of ether oxygens (including phenoxy) is 1. The summed E-state index contributed by atoms with van der Waals surface area (Å²) in [6.45, 7) is 1.40. The summed E-state index contributed by atoms with van der Waals surface area (Å²) in [6.07, 6.45) is 0.569. The Kier molecular flexibility index (Phi) is 4.63. The first-order valence-electron chi connectivity index (χ1n) is 7.83. The predicted molar refractivity (Wildman–Crippen MR) is 88.7 cm³/mol. The molecule has 0 fully saturated rings. The van der Waals surface area contributed by atoms with Crippen LogP contribution in [0.5, 0.6) is 5.75 Å². The van der Waals surface area contributed by atoms with E-state index in [1.807, 2.05) is 36.4 Å². The van der Waals surface area contributed by atoms with Crippen molar-refractivity contribution in [3.63, 3.8) is 0 Å². The maximum Gasteiger partial charge on any atom is 0.307 e. The molecule has 2 unspecified atom stereocenters. The van der Waals surface area contributed by atoms with E-state index in [-0.39, 0.29) is 11.8 Å². The van der Waals surface area contributed by atoms with Crippen molar-refractivity contribution in [2.75, 3.05) is 13.7 Å². The molecule has 4 heteroatoms. The Balaban J connectivity index is 1.72. The van der Waals surface area contributed by atoms with E-state index in [4.69, 9.17) is 4.74 Å². The highest BCUT2D eigenvalue weighted by Crippen LogP contribution is 2.39. The van der Waals surface area contributed by atoms with E-state index in [0.717, 1.165) is 23.4 Å². The van der Waals surface area contributed by atoms with Gasteiger partial charge in [-0.15, -0.1) is 0 Å². The van der Waals surface area contributed by atoms with E-state index in [0.29, 0.717) is 13.0 Å². The molecule has 120 valence electrons. The molecule has 4 nitrogen and oxygen atoms in total. The SMILES string of the molecule is COc1ccc2c(c1)CC(C(=O)O)C2CNCc1ccccc1. The summed E-state index contributed by atoms with van der Waals surface area (Å²) >= 11 is 0. The summed E-state index contributed by atoms with van der Waals surface area (Å²) in [5.41, 5.74) is 3.41. The van der Waals surface area contributed by atoms with Gasteiger partial charge in [-0.2, -0.15) is 0 Å². The molecular formula is C19H21NO3. The number of benzene rings is 2. The highest BCUT2D eigenvalue weighted by molar-refractivity contribution is 5.74. The molecule has 0 aliphatic heterocycles. The summed E-state index contributed by atoms with van der Waals surface area (Å²) in [4.78, 5) is 11.6. The van der Waals surface area contributed by atoms with Gasteiger partial charge in [-0.1, -0.05) is 36.4 Å². The van der Waals surface area contributed by atoms with Gasteiger partial charge < -0.3 is 15.2 Å². The largest absolute Gasteiger partial charge is 0.497 e. The fourth-order valence-electron chi connectivity index (χ4n) is 3.32. The Hall–Kier alpha value is -2.33. The van der Waals surface area contributed by atoms with E-state index in [2.05, 4.69) is 17.4 Å². The second-order valence-electron chi connectivity index (χ2n) is 5.94. The average Bonchev–Trinajstić information content (AvgIpc) is 2.94. The van der Waals surface area contributed by atoms with Crippen LogP contribution in [0.4, 0.5) is 0 Å². The number of nitrogens with one attached hydrogen (secondary N) is 1. The first kappa shape index (κ1) is 15.6. The van der Waals surface area contributed by atoms with E-state index < -0.39 is 5.97 Å². The molecule has 3 rings (SSSR count). The van der Waals surface area contributed by atoms with Crippen LogP contribution in [0, 0.1) is 5.92 Å². The maximum atomic E-state index is 11.6. The fourth-order valence-corrected chi connectivity index (χ4v) is 3.32. The molecule has 0 amide bonds. The molecule has 0 saturated carbocycles. The van der Waals surface area contributed by atoms with Crippen LogP contribution in [-0.2, 0) is 17.8 Å². The number of carboxylic acid groups (broad SMARTS) is 1. The zero-order chi connectivity index (χ0) is 16.2. The molecular weight excluding hydrogens is 290 g/mol. The quantitative estimate of drug-likeness (QED) is 0.861. The summed E-state index contributed by atoms with van der Waals surface area (Å²) in [5.74, 6) is -0.324. The zero-order valence-corrected chi connectivity index (χ0v) is 13.2. The van der Waals surface area contributed by atoms with Crippen molar-refractivity contribution >= 4 is 5.97 Å². The standard InChI is InChI=1S/C19H21NO3/c1-23-15-7-8-16-14(9-15)10-17(19(21)22)18(16)12-20-11-13-5-3-2-4-6-13/h2-9,17-18,20H,10-12H2,1H3,(H,21,22). The molecule has 2 N–H and O–H groups in total. The van der Waals surface area contributed by atoms with Gasteiger partial charge in [0, 0.05) is 19.0 Å². The second kappa shape index (κ2) is 6.84. The van der Waals surface area contributed by atoms with Crippen molar-refractivity contribution in [2.45, 2.75) is 18.9 Å².